The Labute approximate surface area is 172 Å². The third kappa shape index (κ3) is 5.36. The van der Waals surface area contributed by atoms with Crippen molar-refractivity contribution in [3.63, 3.8) is 0 Å². The quantitative estimate of drug-likeness (QED) is 0.781. The lowest BCUT2D eigenvalue weighted by molar-refractivity contribution is -0.115. The summed E-state index contributed by atoms with van der Waals surface area (Å²) in [7, 11) is -1.94. The van der Waals surface area contributed by atoms with E-state index in [1.54, 1.807) is 35.7 Å². The summed E-state index contributed by atoms with van der Waals surface area (Å²) >= 11 is 0. The molecule has 1 N–H and O–H groups in total. The molecule has 0 radical (unpaired) electrons. The monoisotopic (exact) mass is 416 g/mol. The summed E-state index contributed by atoms with van der Waals surface area (Å²) in [6.07, 6.45) is 1.26. The second kappa shape index (κ2) is 8.97. The van der Waals surface area contributed by atoms with Crippen molar-refractivity contribution in [1.82, 2.24) is 4.31 Å². The Morgan fingerprint density at radius 3 is 2.38 bits per heavy atom. The molecule has 1 aliphatic heterocycles. The van der Waals surface area contributed by atoms with Crippen molar-refractivity contribution in [2.24, 2.45) is 11.8 Å². The molecule has 3 rings (SSSR count). The molecule has 156 valence electrons. The van der Waals surface area contributed by atoms with Crippen LogP contribution in [0.15, 0.2) is 53.4 Å². The van der Waals surface area contributed by atoms with Gasteiger partial charge in [-0.1, -0.05) is 26.0 Å². The Balaban J connectivity index is 1.65. The number of amides is 1. The molecule has 1 fully saturated rings. The van der Waals surface area contributed by atoms with E-state index in [0.717, 1.165) is 12.0 Å². The first kappa shape index (κ1) is 21.3. The maximum Gasteiger partial charge on any atom is 0.243 e. The summed E-state index contributed by atoms with van der Waals surface area (Å²) in [6, 6.07) is 13.7. The van der Waals surface area contributed by atoms with Crippen LogP contribution in [0.5, 0.6) is 5.75 Å². The van der Waals surface area contributed by atoms with Crippen molar-refractivity contribution in [2.45, 2.75) is 31.6 Å². The van der Waals surface area contributed by atoms with Gasteiger partial charge in [-0.3, -0.25) is 4.79 Å². The van der Waals surface area contributed by atoms with Crippen molar-refractivity contribution >= 4 is 21.6 Å². The minimum atomic E-state index is -3.52. The molecule has 2 aromatic rings. The van der Waals surface area contributed by atoms with Crippen LogP contribution >= 0.6 is 0 Å². The van der Waals surface area contributed by atoms with Gasteiger partial charge in [0, 0.05) is 18.8 Å². The highest BCUT2D eigenvalue weighted by Crippen LogP contribution is 2.27. The number of sulfonamides is 1. The van der Waals surface area contributed by atoms with Crippen molar-refractivity contribution < 1.29 is 17.9 Å². The molecule has 0 spiro atoms. The van der Waals surface area contributed by atoms with E-state index in [-0.39, 0.29) is 17.2 Å². The van der Waals surface area contributed by atoms with Crippen LogP contribution in [-0.2, 0) is 21.2 Å². The molecule has 0 unspecified atom stereocenters. The van der Waals surface area contributed by atoms with E-state index < -0.39 is 10.0 Å². The van der Waals surface area contributed by atoms with E-state index in [1.807, 2.05) is 24.3 Å². The van der Waals surface area contributed by atoms with E-state index >= 15 is 0 Å². The van der Waals surface area contributed by atoms with Crippen molar-refractivity contribution in [3.05, 3.63) is 54.1 Å². The first-order valence-electron chi connectivity index (χ1n) is 9.81. The fourth-order valence-electron chi connectivity index (χ4n) is 3.83. The lowest BCUT2D eigenvalue weighted by Gasteiger charge is -2.34. The van der Waals surface area contributed by atoms with Crippen molar-refractivity contribution in [2.75, 3.05) is 25.5 Å². The molecule has 29 heavy (non-hydrogen) atoms. The van der Waals surface area contributed by atoms with Gasteiger partial charge in [0.25, 0.3) is 0 Å². The fraction of sp³-hybridized carbons (Fsp3) is 0.409. The zero-order valence-corrected chi connectivity index (χ0v) is 17.9. The van der Waals surface area contributed by atoms with Crippen LogP contribution in [-0.4, -0.2) is 38.8 Å². The van der Waals surface area contributed by atoms with Gasteiger partial charge >= 0.3 is 0 Å². The Hall–Kier alpha value is -2.38. The average Bonchev–Trinajstić information content (AvgIpc) is 2.67. The van der Waals surface area contributed by atoms with Gasteiger partial charge in [0.15, 0.2) is 0 Å². The molecule has 0 bridgehead atoms. The van der Waals surface area contributed by atoms with Gasteiger partial charge in [-0.25, -0.2) is 8.42 Å². The molecule has 6 nitrogen and oxygen atoms in total. The van der Waals surface area contributed by atoms with E-state index in [1.165, 1.54) is 0 Å². The molecule has 1 saturated heterocycles. The highest BCUT2D eigenvalue weighted by molar-refractivity contribution is 7.89. The zero-order valence-electron chi connectivity index (χ0n) is 17.1. The van der Waals surface area contributed by atoms with Crippen LogP contribution in [0.25, 0.3) is 0 Å². The Morgan fingerprint density at radius 2 is 1.76 bits per heavy atom. The predicted octanol–water partition coefficient (Wildman–Crippen LogP) is 3.54. The average molecular weight is 417 g/mol. The third-order valence-electron chi connectivity index (χ3n) is 5.11. The third-order valence-corrected chi connectivity index (χ3v) is 6.96. The van der Waals surface area contributed by atoms with E-state index in [9.17, 15) is 13.2 Å². The molecule has 0 saturated carbocycles. The zero-order chi connectivity index (χ0) is 21.0. The first-order chi connectivity index (χ1) is 13.8. The number of nitrogens with one attached hydrogen (secondary N) is 1. The number of benzene rings is 2. The first-order valence-corrected chi connectivity index (χ1v) is 11.2. The lowest BCUT2D eigenvalue weighted by Crippen LogP contribution is -2.42. The number of carbonyl (C=O) groups excluding carboxylic acids is 1. The molecule has 7 heteroatoms. The Kier molecular flexibility index (Phi) is 6.59. The van der Waals surface area contributed by atoms with Gasteiger partial charge in [0.1, 0.15) is 5.75 Å². The maximum atomic E-state index is 12.9. The summed E-state index contributed by atoms with van der Waals surface area (Å²) in [5, 5.41) is 2.81. The van der Waals surface area contributed by atoms with Crippen molar-refractivity contribution in [1.29, 1.82) is 0 Å². The number of rotatable bonds is 6. The maximum absolute atomic E-state index is 12.9. The topological polar surface area (TPSA) is 75.7 Å². The van der Waals surface area contributed by atoms with E-state index in [0.29, 0.717) is 36.4 Å². The molecule has 2 atom stereocenters. The molecule has 2 aromatic carbocycles. The molecule has 1 amide bonds. The standard InChI is InChI=1S/C22H28N2O4S/c1-16-11-17(2)15-24(14-16)29(26,27)21-9-7-19(8-10-21)23-22(25)13-18-5-4-6-20(12-18)28-3/h4-10,12,16-17H,11,13-15H2,1-3H3,(H,23,25)/t16-,17+. The van der Waals surface area contributed by atoms with Crippen LogP contribution in [0.1, 0.15) is 25.8 Å². The van der Waals surface area contributed by atoms with E-state index in [2.05, 4.69) is 19.2 Å². The fourth-order valence-corrected chi connectivity index (χ4v) is 5.51. The van der Waals surface area contributed by atoms with Crippen LogP contribution < -0.4 is 10.1 Å². The summed E-state index contributed by atoms with van der Waals surface area (Å²) in [4.78, 5) is 12.6. The van der Waals surface area contributed by atoms with Gasteiger partial charge in [-0.15, -0.1) is 0 Å². The SMILES string of the molecule is COc1cccc(CC(=O)Nc2ccc(S(=O)(=O)N3C[C@H](C)C[C@H](C)C3)cc2)c1. The Morgan fingerprint density at radius 1 is 1.10 bits per heavy atom. The molecular formula is C22H28N2O4S. The van der Waals surface area contributed by atoms with Gasteiger partial charge in [-0.2, -0.15) is 4.31 Å². The molecule has 1 aliphatic rings. The number of hydrogen-bond acceptors (Lipinski definition) is 4. The molecular weight excluding hydrogens is 388 g/mol. The number of methoxy groups -OCH3 is 1. The number of nitrogens with zero attached hydrogens (tertiary/aromatic N) is 1. The minimum absolute atomic E-state index is 0.174. The second-order valence-electron chi connectivity index (χ2n) is 7.87. The van der Waals surface area contributed by atoms with Crippen LogP contribution in [0.2, 0.25) is 0 Å². The van der Waals surface area contributed by atoms with Gasteiger partial charge < -0.3 is 10.1 Å². The number of carbonyl (C=O) groups is 1. The van der Waals surface area contributed by atoms with Gasteiger partial charge in [0.05, 0.1) is 18.4 Å². The number of piperidine rings is 1. The molecule has 0 aliphatic carbocycles. The lowest BCUT2D eigenvalue weighted by atomic mass is 9.94. The number of ether oxygens (including phenoxy) is 1. The van der Waals surface area contributed by atoms with Crippen LogP contribution in [0.4, 0.5) is 5.69 Å². The number of anilines is 1. The summed E-state index contributed by atoms with van der Waals surface area (Å²) in [5.41, 5.74) is 1.41. The minimum Gasteiger partial charge on any atom is -0.497 e. The van der Waals surface area contributed by atoms with E-state index in [4.69, 9.17) is 4.74 Å². The van der Waals surface area contributed by atoms with Gasteiger partial charge in [-0.05, 0) is 60.2 Å². The normalized spacial score (nSPS) is 20.2. The smallest absolute Gasteiger partial charge is 0.243 e. The number of hydrogen-bond donors (Lipinski definition) is 1. The predicted molar refractivity (Wildman–Crippen MR) is 113 cm³/mol. The summed E-state index contributed by atoms with van der Waals surface area (Å²) in [5.74, 6) is 1.23. The summed E-state index contributed by atoms with van der Waals surface area (Å²) < 4.78 is 32.6. The molecule has 0 aromatic heterocycles. The summed E-state index contributed by atoms with van der Waals surface area (Å²) in [6.45, 7) is 5.26. The van der Waals surface area contributed by atoms with Gasteiger partial charge in [0.2, 0.25) is 15.9 Å². The highest BCUT2D eigenvalue weighted by atomic mass is 32.2. The second-order valence-corrected chi connectivity index (χ2v) is 9.81. The highest BCUT2D eigenvalue weighted by Gasteiger charge is 2.31. The van der Waals surface area contributed by atoms with Crippen LogP contribution in [0.3, 0.4) is 0 Å². The largest absolute Gasteiger partial charge is 0.497 e. The van der Waals surface area contributed by atoms with Crippen molar-refractivity contribution in [3.8, 4) is 5.75 Å². The Bertz CT molecular complexity index is 947. The van der Waals surface area contributed by atoms with Crippen LogP contribution in [0, 0.1) is 11.8 Å². The molecule has 1 heterocycles.